The lowest BCUT2D eigenvalue weighted by atomic mass is 9.95. The Kier molecular flexibility index (Phi) is 15.7. The van der Waals surface area contributed by atoms with Crippen LogP contribution in [0.15, 0.2) is 65.8 Å². The maximum atomic E-state index is 12.5. The Hall–Kier alpha value is -5.10. The van der Waals surface area contributed by atoms with Gasteiger partial charge in [-0.05, 0) is 11.1 Å². The van der Waals surface area contributed by atoms with E-state index in [1.807, 2.05) is 60.7 Å². The van der Waals surface area contributed by atoms with Gasteiger partial charge in [-0.15, -0.1) is 0 Å². The first-order chi connectivity index (χ1) is 25.9. The third-order valence-corrected chi connectivity index (χ3v) is 8.04. The zero-order valence-electron chi connectivity index (χ0n) is 30.4. The van der Waals surface area contributed by atoms with Crippen molar-refractivity contribution in [2.24, 2.45) is 5.11 Å². The minimum absolute atomic E-state index is 0.0345. The van der Waals surface area contributed by atoms with Crippen LogP contribution in [0, 0.1) is 5.53 Å². The summed E-state index contributed by atoms with van der Waals surface area (Å²) in [6.45, 7) is 4.88. The average Bonchev–Trinajstić information content (AvgIpc) is 3.12. The predicted octanol–water partition coefficient (Wildman–Crippen LogP) is 2.46. The number of nitrogens with one attached hydrogen (secondary N) is 1. The lowest BCUT2D eigenvalue weighted by molar-refractivity contribution is -0.366. The summed E-state index contributed by atoms with van der Waals surface area (Å²) in [5, 5.41) is 4.09. The summed E-state index contributed by atoms with van der Waals surface area (Å²) in [6.07, 6.45) is -12.4. The van der Waals surface area contributed by atoms with Crippen LogP contribution in [0.5, 0.6) is 0 Å². The summed E-state index contributed by atoms with van der Waals surface area (Å²) in [7, 11) is 0. The molecular formula is C36H44N3O15+. The molecule has 0 saturated carbocycles. The zero-order valence-corrected chi connectivity index (χ0v) is 30.4. The van der Waals surface area contributed by atoms with E-state index in [1.165, 1.54) is 6.92 Å². The van der Waals surface area contributed by atoms with Crippen molar-refractivity contribution in [3.8, 4) is 0 Å². The molecular weight excluding hydrogens is 714 g/mol. The van der Waals surface area contributed by atoms with E-state index in [1.54, 1.807) is 0 Å². The van der Waals surface area contributed by atoms with E-state index in [4.69, 9.17) is 52.9 Å². The topological polar surface area (TPSA) is 228 Å². The Morgan fingerprint density at radius 2 is 1.04 bits per heavy atom. The molecule has 10 atom stereocenters. The summed E-state index contributed by atoms with van der Waals surface area (Å²) in [5.41, 5.74) is 9.30. The fraction of sp³-hybridized carbons (Fsp3) is 0.528. The molecule has 2 aromatic rings. The van der Waals surface area contributed by atoms with Crippen molar-refractivity contribution in [1.29, 1.82) is 5.53 Å². The molecule has 2 heterocycles. The largest absolute Gasteiger partial charge is 0.463 e. The van der Waals surface area contributed by atoms with Crippen molar-refractivity contribution >= 4 is 29.8 Å². The number of nitrogens with zero attached hydrogens (tertiary/aromatic N) is 2. The number of rotatable bonds is 16. The van der Waals surface area contributed by atoms with E-state index in [0.29, 0.717) is 0 Å². The number of hydrogen-bond acceptors (Lipinski definition) is 17. The molecule has 2 aliphatic rings. The Morgan fingerprint density at radius 1 is 0.593 bits per heavy atom. The minimum atomic E-state index is -1.69. The van der Waals surface area contributed by atoms with Gasteiger partial charge in [0.05, 0.1) is 13.2 Å². The number of esters is 5. The first-order valence-electron chi connectivity index (χ1n) is 17.0. The Bertz CT molecular complexity index is 1620. The third-order valence-electron chi connectivity index (χ3n) is 8.04. The van der Waals surface area contributed by atoms with Crippen LogP contribution in [0.4, 0.5) is 0 Å². The van der Waals surface area contributed by atoms with Crippen LogP contribution in [-0.4, -0.2) is 104 Å². The van der Waals surface area contributed by atoms with Crippen molar-refractivity contribution < 1.29 is 71.3 Å². The van der Waals surface area contributed by atoms with Crippen LogP contribution in [-0.2, 0) is 84.6 Å². The molecule has 0 aromatic heterocycles. The highest BCUT2D eigenvalue weighted by molar-refractivity contribution is 5.69. The average molecular weight is 759 g/mol. The van der Waals surface area contributed by atoms with Crippen LogP contribution in [0.1, 0.15) is 45.7 Å². The van der Waals surface area contributed by atoms with E-state index in [2.05, 4.69) is 10.0 Å². The monoisotopic (exact) mass is 758 g/mol. The molecule has 2 fully saturated rings. The Balaban J connectivity index is 1.77. The summed E-state index contributed by atoms with van der Waals surface area (Å²) in [6, 6.07) is 17.1. The first-order valence-corrected chi connectivity index (χ1v) is 17.0. The number of carbonyl (C=O) groups is 5. The van der Waals surface area contributed by atoms with Gasteiger partial charge in [0.1, 0.15) is 48.3 Å². The molecule has 54 heavy (non-hydrogen) atoms. The lowest BCUT2D eigenvalue weighted by Crippen LogP contribution is -2.66. The van der Waals surface area contributed by atoms with E-state index < -0.39 is 97.8 Å². The van der Waals surface area contributed by atoms with Crippen LogP contribution >= 0.6 is 0 Å². The minimum Gasteiger partial charge on any atom is -0.463 e. The van der Waals surface area contributed by atoms with Crippen molar-refractivity contribution in [1.82, 2.24) is 4.91 Å². The summed E-state index contributed by atoms with van der Waals surface area (Å²) < 4.78 is 58.7. The number of carbonyl (C=O) groups excluding carboxylic acids is 5. The highest BCUT2D eigenvalue weighted by Gasteiger charge is 2.57. The second-order valence-electron chi connectivity index (χ2n) is 12.3. The van der Waals surface area contributed by atoms with Gasteiger partial charge in [-0.25, -0.2) is 0 Å². The zero-order chi connectivity index (χ0) is 39.2. The molecule has 0 bridgehead atoms. The quantitative estimate of drug-likeness (QED) is 0.112. The predicted molar refractivity (Wildman–Crippen MR) is 179 cm³/mol. The molecule has 4 rings (SSSR count). The van der Waals surface area contributed by atoms with Gasteiger partial charge < -0.3 is 47.4 Å². The van der Waals surface area contributed by atoms with Gasteiger partial charge in [-0.2, -0.15) is 0 Å². The molecule has 0 radical (unpaired) electrons. The number of benzene rings is 2. The number of hydrogen-bond donors (Lipinski definition) is 1. The standard InChI is InChI=1S/C36H44N3O15/c1-20(40)45-18-27-30(47-16-25-12-8-6-9-13-25)32(48-17-26-14-10-7-11-15-26)29(38-39-37)35(52-27)54-36-34(51-24(5)44)33(50-23(4)43)31(49-22(3)42)28(53-36)19-46-21(2)41/h6-15,27-37H,16-19H2,1-5H3/q+1. The molecule has 2 aliphatic heterocycles. The van der Waals surface area contributed by atoms with Crippen molar-refractivity contribution in [3.05, 3.63) is 71.8 Å². The number of ether oxygens (including phenoxy) is 10. The molecule has 0 aliphatic carbocycles. The van der Waals surface area contributed by atoms with Gasteiger partial charge in [-0.3, -0.25) is 24.0 Å². The second kappa shape index (κ2) is 20.4. The molecule has 18 heteroatoms. The van der Waals surface area contributed by atoms with Gasteiger partial charge in [0.15, 0.2) is 24.6 Å². The Morgan fingerprint density at radius 3 is 1.52 bits per heavy atom. The summed E-state index contributed by atoms with van der Waals surface area (Å²) >= 11 is 0. The summed E-state index contributed by atoms with van der Waals surface area (Å²) in [4.78, 5) is 64.2. The SMILES string of the molecule is CC(=O)OCC1OC(OC2OC(COC(C)=O)C(OC(C)=O)C(OC(C)=O)C2OC(C)=O)C(N=[N+]=N)C(OCc2ccccc2)C1OCc1ccccc1. The van der Waals surface area contributed by atoms with Crippen LogP contribution in [0.2, 0.25) is 0 Å². The molecule has 0 amide bonds. The van der Waals surface area contributed by atoms with E-state index in [-0.39, 0.29) is 19.8 Å². The van der Waals surface area contributed by atoms with Gasteiger partial charge >= 0.3 is 29.8 Å². The molecule has 2 saturated heterocycles. The lowest BCUT2D eigenvalue weighted by Gasteiger charge is -2.47. The molecule has 18 nitrogen and oxygen atoms in total. The molecule has 2 aromatic carbocycles. The highest BCUT2D eigenvalue weighted by Crippen LogP contribution is 2.35. The second-order valence-corrected chi connectivity index (χ2v) is 12.3. The van der Waals surface area contributed by atoms with E-state index in [0.717, 1.165) is 38.8 Å². The van der Waals surface area contributed by atoms with E-state index >= 15 is 0 Å². The molecule has 292 valence electrons. The molecule has 1 N–H and O–H groups in total. The van der Waals surface area contributed by atoms with Crippen LogP contribution < -0.4 is 4.91 Å². The summed E-state index contributed by atoms with van der Waals surface area (Å²) in [5.74, 6) is -3.83. The molecule has 10 unspecified atom stereocenters. The van der Waals surface area contributed by atoms with E-state index in [9.17, 15) is 24.0 Å². The highest BCUT2D eigenvalue weighted by atomic mass is 16.8. The maximum absolute atomic E-state index is 12.5. The van der Waals surface area contributed by atoms with Crippen molar-refractivity contribution in [2.75, 3.05) is 13.2 Å². The van der Waals surface area contributed by atoms with Crippen LogP contribution in [0.25, 0.3) is 0 Å². The van der Waals surface area contributed by atoms with Crippen molar-refractivity contribution in [3.63, 3.8) is 0 Å². The fourth-order valence-electron chi connectivity index (χ4n) is 5.88. The third kappa shape index (κ3) is 12.2. The Labute approximate surface area is 310 Å². The molecule has 0 spiro atoms. The van der Waals surface area contributed by atoms with Crippen molar-refractivity contribution in [2.45, 2.75) is 109 Å². The normalized spacial score (nSPS) is 27.7. The maximum Gasteiger partial charge on any atom is 0.303 e. The first kappa shape index (κ1) is 41.7. The fourth-order valence-corrected chi connectivity index (χ4v) is 5.88. The van der Waals surface area contributed by atoms with Gasteiger partial charge in [-0.1, -0.05) is 60.7 Å². The van der Waals surface area contributed by atoms with Crippen LogP contribution in [0.3, 0.4) is 0 Å². The van der Waals surface area contributed by atoms with Gasteiger partial charge in [0.25, 0.3) is 0 Å². The van der Waals surface area contributed by atoms with Gasteiger partial charge in [0, 0.05) is 34.6 Å². The smallest absolute Gasteiger partial charge is 0.303 e. The van der Waals surface area contributed by atoms with Gasteiger partial charge in [0.2, 0.25) is 17.2 Å².